The molecule has 0 aromatic carbocycles. The molecule has 5 heteroatoms. The first-order valence-electron chi connectivity index (χ1n) is 0.964. The number of nitrogens with zero attached hydrogens (tertiary/aromatic N) is 1. The molecule has 0 radical (unpaired) electrons. The molecule has 6 N–H and O–H groups in total. The SMILES string of the molecule is NN(N)NO. The molecule has 5 heavy (non-hydrogen) atoms. The summed E-state index contributed by atoms with van der Waals surface area (Å²) in [5.41, 5.74) is 1.42. The first-order valence-corrected chi connectivity index (χ1v) is 0.964. The van der Waals surface area contributed by atoms with Gasteiger partial charge in [-0.25, -0.2) is 11.7 Å². The van der Waals surface area contributed by atoms with Gasteiger partial charge < -0.3 is 0 Å². The molecule has 0 bridgehead atoms. The van der Waals surface area contributed by atoms with E-state index in [0.29, 0.717) is 5.23 Å². The number of nitrogens with two attached hydrogens (primary N) is 2. The Hall–Kier alpha value is -0.200. The Morgan fingerprint density at radius 3 is 1.80 bits per heavy atom. The van der Waals surface area contributed by atoms with E-state index < -0.39 is 0 Å². The molecule has 0 aliphatic carbocycles. The Kier molecular flexibility index (Phi) is 1.98. The molecule has 0 aromatic heterocycles. The molecule has 0 heterocycles. The summed E-state index contributed by atoms with van der Waals surface area (Å²) in [6.07, 6.45) is 0. The van der Waals surface area contributed by atoms with Crippen LogP contribution in [0.15, 0.2) is 0 Å². The summed E-state index contributed by atoms with van der Waals surface area (Å²) < 4.78 is 0. The molecular weight excluding hydrogens is 72.0 g/mol. The van der Waals surface area contributed by atoms with E-state index in [0.717, 1.165) is 0 Å². The highest BCUT2D eigenvalue weighted by molar-refractivity contribution is 3.85. The summed E-state index contributed by atoms with van der Waals surface area (Å²) in [7, 11) is 0. The molecule has 0 amide bonds. The first-order chi connectivity index (χ1) is 2.27. The molecular formula is H6N4O. The zero-order valence-corrected chi connectivity index (χ0v) is 2.55. The van der Waals surface area contributed by atoms with Crippen LogP contribution in [-0.2, 0) is 0 Å². The minimum Gasteiger partial charge on any atom is -0.299 e. The van der Waals surface area contributed by atoms with Crippen LogP contribution in [0, 0.1) is 0 Å². The Labute approximate surface area is 29.0 Å². The van der Waals surface area contributed by atoms with Gasteiger partial charge in [0.2, 0.25) is 0 Å². The third-order valence-electron chi connectivity index (χ3n) is 0.115. The van der Waals surface area contributed by atoms with Gasteiger partial charge in [0.15, 0.2) is 0 Å². The predicted octanol–water partition coefficient (Wildman–Crippen LogP) is -2.07. The van der Waals surface area contributed by atoms with Gasteiger partial charge in [-0.3, -0.25) is 5.21 Å². The molecule has 0 saturated heterocycles. The highest BCUT2D eigenvalue weighted by Crippen LogP contribution is 1.29. The van der Waals surface area contributed by atoms with E-state index in [1.54, 1.807) is 0 Å². The number of hydrazine groups is 3. The third kappa shape index (κ3) is 3.80. The molecule has 0 aliphatic rings. The molecule has 0 aliphatic heterocycles. The third-order valence-corrected chi connectivity index (χ3v) is 0.115. The molecule has 0 fully saturated rings. The van der Waals surface area contributed by atoms with E-state index in [-0.39, 0.29) is 0 Å². The van der Waals surface area contributed by atoms with Gasteiger partial charge in [0.1, 0.15) is 0 Å². The molecule has 0 saturated carbocycles. The first kappa shape index (κ1) is 4.80. The van der Waals surface area contributed by atoms with Gasteiger partial charge in [-0.15, -0.1) is 5.59 Å². The number of hydrogen-bond acceptors (Lipinski definition) is 5. The Balaban J connectivity index is 2.54. The molecule has 5 nitrogen and oxygen atoms in total. The molecule has 0 atom stereocenters. The Morgan fingerprint density at radius 2 is 1.80 bits per heavy atom. The summed E-state index contributed by atoms with van der Waals surface area (Å²) in [4.78, 5) is 0. The monoisotopic (exact) mass is 78.1 g/mol. The van der Waals surface area contributed by atoms with Gasteiger partial charge >= 0.3 is 0 Å². The average Bonchev–Trinajstić information content (AvgIpc) is 1.38. The number of rotatable bonds is 1. The molecule has 0 rings (SSSR count). The summed E-state index contributed by atoms with van der Waals surface area (Å²) >= 11 is 0. The van der Waals surface area contributed by atoms with Gasteiger partial charge in [-0.05, 0) is 0 Å². The van der Waals surface area contributed by atoms with Crippen LogP contribution in [0.2, 0.25) is 0 Å². The van der Waals surface area contributed by atoms with Crippen LogP contribution >= 0.6 is 0 Å². The fraction of sp³-hybridized carbons (Fsp3) is 0. The highest BCUT2D eigenvalue weighted by Gasteiger charge is 1.70. The van der Waals surface area contributed by atoms with Crippen molar-refractivity contribution in [1.29, 1.82) is 0 Å². The van der Waals surface area contributed by atoms with Gasteiger partial charge in [-0.2, -0.15) is 0 Å². The summed E-state index contributed by atoms with van der Waals surface area (Å²) in [5.74, 6) is 9.08. The van der Waals surface area contributed by atoms with Crippen LogP contribution in [0.4, 0.5) is 0 Å². The van der Waals surface area contributed by atoms with Gasteiger partial charge in [-0.1, -0.05) is 5.23 Å². The van der Waals surface area contributed by atoms with Gasteiger partial charge in [0, 0.05) is 0 Å². The van der Waals surface area contributed by atoms with Crippen molar-refractivity contribution in [2.24, 2.45) is 11.7 Å². The molecule has 0 spiro atoms. The lowest BCUT2D eigenvalue weighted by Crippen LogP contribution is -2.47. The van der Waals surface area contributed by atoms with Gasteiger partial charge in [0.05, 0.1) is 0 Å². The smallest absolute Gasteiger partial charge is 0.0933 e. The van der Waals surface area contributed by atoms with Crippen molar-refractivity contribution in [1.82, 2.24) is 10.8 Å². The van der Waals surface area contributed by atoms with Crippen LogP contribution in [0.5, 0.6) is 0 Å². The standard InChI is InChI=1S/H6N4O/c1-4(2)3-5/h3,5H,1-2H2. The predicted molar refractivity (Wildman–Crippen MR) is 15.1 cm³/mol. The molecule has 0 aromatic rings. The molecule has 0 unspecified atom stereocenters. The van der Waals surface area contributed by atoms with E-state index in [1.165, 1.54) is 5.59 Å². The van der Waals surface area contributed by atoms with Crippen molar-refractivity contribution in [3.05, 3.63) is 0 Å². The summed E-state index contributed by atoms with van der Waals surface area (Å²) in [6.45, 7) is 0. The van der Waals surface area contributed by atoms with Crippen LogP contribution < -0.4 is 17.3 Å². The van der Waals surface area contributed by atoms with Crippen molar-refractivity contribution in [3.63, 3.8) is 0 Å². The maximum Gasteiger partial charge on any atom is -0.0933 e. The van der Waals surface area contributed by atoms with E-state index >= 15 is 0 Å². The van der Waals surface area contributed by atoms with Crippen molar-refractivity contribution in [2.45, 2.75) is 0 Å². The zero-order chi connectivity index (χ0) is 4.28. The summed E-state index contributed by atoms with van der Waals surface area (Å²) in [6, 6.07) is 0. The number of hydrogen-bond donors (Lipinski definition) is 4. The zero-order valence-electron chi connectivity index (χ0n) is 2.55. The summed E-state index contributed by atoms with van der Waals surface area (Å²) in [5, 5.41) is 8.00. The minimum absolute atomic E-state index is 0.431. The lowest BCUT2D eigenvalue weighted by Gasteiger charge is -2.00. The van der Waals surface area contributed by atoms with Crippen molar-refractivity contribution in [3.8, 4) is 0 Å². The Bertz CT molecular complexity index is 17.6. The van der Waals surface area contributed by atoms with Crippen LogP contribution in [0.25, 0.3) is 0 Å². The fourth-order valence-electron chi connectivity index (χ4n) is 0. The van der Waals surface area contributed by atoms with E-state index in [2.05, 4.69) is 11.7 Å². The maximum atomic E-state index is 7.57. The van der Waals surface area contributed by atoms with Gasteiger partial charge in [0.25, 0.3) is 0 Å². The lowest BCUT2D eigenvalue weighted by atomic mass is 12.2. The Morgan fingerprint density at radius 1 is 1.60 bits per heavy atom. The second-order valence-electron chi connectivity index (χ2n) is 0.507. The van der Waals surface area contributed by atoms with Crippen LogP contribution in [0.3, 0.4) is 0 Å². The fourth-order valence-corrected chi connectivity index (χ4v) is 0. The second kappa shape index (κ2) is 2.06. The van der Waals surface area contributed by atoms with E-state index in [9.17, 15) is 0 Å². The van der Waals surface area contributed by atoms with Crippen LogP contribution in [0.1, 0.15) is 0 Å². The second-order valence-corrected chi connectivity index (χ2v) is 0.507. The van der Waals surface area contributed by atoms with E-state index in [1.807, 2.05) is 0 Å². The topological polar surface area (TPSA) is 87.5 Å². The van der Waals surface area contributed by atoms with Crippen molar-refractivity contribution in [2.75, 3.05) is 0 Å². The minimum atomic E-state index is 0.431. The normalized spacial score (nSPS) is 9.60. The highest BCUT2D eigenvalue weighted by atomic mass is 16.5. The quantitative estimate of drug-likeness (QED) is 0.214. The number of nitrogens with one attached hydrogen (secondary N) is 1. The van der Waals surface area contributed by atoms with Crippen LogP contribution in [-0.4, -0.2) is 10.4 Å². The van der Waals surface area contributed by atoms with Crippen molar-refractivity contribution >= 4 is 0 Å². The van der Waals surface area contributed by atoms with Crippen molar-refractivity contribution < 1.29 is 5.21 Å². The largest absolute Gasteiger partial charge is 0.299 e. The molecule has 32 valence electrons. The van der Waals surface area contributed by atoms with E-state index in [4.69, 9.17) is 5.21 Å². The maximum absolute atomic E-state index is 7.57. The lowest BCUT2D eigenvalue weighted by molar-refractivity contribution is -0.0219. The average molecular weight is 78.1 g/mol.